The van der Waals surface area contributed by atoms with Crippen LogP contribution in [0.5, 0.6) is 5.75 Å². The third-order valence-electron chi connectivity index (χ3n) is 6.43. The van der Waals surface area contributed by atoms with Crippen molar-refractivity contribution >= 4 is 32.2 Å². The van der Waals surface area contributed by atoms with E-state index in [9.17, 15) is 13.2 Å². The van der Waals surface area contributed by atoms with Crippen LogP contribution in [0.4, 0.5) is 5.69 Å². The Hall–Kier alpha value is -3.84. The van der Waals surface area contributed by atoms with Crippen molar-refractivity contribution in [3.05, 3.63) is 106 Å². The van der Waals surface area contributed by atoms with Gasteiger partial charge < -0.3 is 9.30 Å². The second-order valence-corrected chi connectivity index (χ2v) is 11.1. The summed E-state index contributed by atoms with van der Waals surface area (Å²) in [5.41, 5.74) is 4.84. The lowest BCUT2D eigenvalue weighted by molar-refractivity contribution is 0.242. The maximum atomic E-state index is 13.7. The van der Waals surface area contributed by atoms with Crippen LogP contribution < -0.4 is 14.6 Å². The van der Waals surface area contributed by atoms with E-state index in [1.807, 2.05) is 57.2 Å². The third kappa shape index (κ3) is 4.09. The molecule has 5 rings (SSSR count). The Kier molecular flexibility index (Phi) is 5.96. The number of sulfonamides is 1. The Morgan fingerprint density at radius 3 is 2.25 bits per heavy atom. The highest BCUT2D eigenvalue weighted by Gasteiger charge is 2.31. The first-order chi connectivity index (χ1) is 17.2. The Morgan fingerprint density at radius 2 is 1.58 bits per heavy atom. The largest absolute Gasteiger partial charge is 0.491 e. The molecule has 3 aromatic carbocycles. The van der Waals surface area contributed by atoms with E-state index in [0.29, 0.717) is 5.69 Å². The maximum Gasteiger partial charge on any atom is 0.264 e. The lowest BCUT2D eigenvalue weighted by Gasteiger charge is -2.31. The van der Waals surface area contributed by atoms with Crippen molar-refractivity contribution in [2.24, 2.45) is 7.05 Å². The zero-order valence-electron chi connectivity index (χ0n) is 20.7. The molecule has 0 unspecified atom stereocenters. The van der Waals surface area contributed by atoms with Crippen molar-refractivity contribution in [3.63, 3.8) is 0 Å². The van der Waals surface area contributed by atoms with Gasteiger partial charge in [0, 0.05) is 24.1 Å². The van der Waals surface area contributed by atoms with E-state index in [1.54, 1.807) is 48.0 Å². The first-order valence-corrected chi connectivity index (χ1v) is 13.3. The molecule has 0 bridgehead atoms. The average molecular weight is 501 g/mol. The molecule has 36 heavy (non-hydrogen) atoms. The van der Waals surface area contributed by atoms with Gasteiger partial charge in [-0.3, -0.25) is 9.10 Å². The molecule has 1 aliphatic heterocycles. The minimum Gasteiger partial charge on any atom is -0.491 e. The normalized spacial score (nSPS) is 13.6. The number of hydrogen-bond acceptors (Lipinski definition) is 4. The number of hydrogen-bond donors (Lipinski definition) is 0. The van der Waals surface area contributed by atoms with Gasteiger partial charge in [0.25, 0.3) is 15.6 Å². The van der Waals surface area contributed by atoms with Crippen molar-refractivity contribution in [2.45, 2.75) is 31.8 Å². The molecule has 1 aliphatic rings. The molecule has 0 saturated heterocycles. The summed E-state index contributed by atoms with van der Waals surface area (Å²) in [5, 5.41) is 0.812. The summed E-state index contributed by atoms with van der Waals surface area (Å²) in [6.45, 7) is 6.08. The second kappa shape index (κ2) is 8.99. The maximum absolute atomic E-state index is 13.7. The van der Waals surface area contributed by atoms with Gasteiger partial charge in [-0.2, -0.15) is 0 Å². The Balaban J connectivity index is 1.71. The smallest absolute Gasteiger partial charge is 0.264 e. The Labute approximate surface area is 211 Å². The van der Waals surface area contributed by atoms with Crippen molar-refractivity contribution in [1.29, 1.82) is 0 Å². The number of benzene rings is 3. The second-order valence-electron chi connectivity index (χ2n) is 9.28. The number of rotatable bonds is 5. The van der Waals surface area contributed by atoms with Crippen molar-refractivity contribution < 1.29 is 13.2 Å². The molecule has 6 nitrogen and oxygen atoms in total. The van der Waals surface area contributed by atoms with Gasteiger partial charge in [-0.15, -0.1) is 0 Å². The van der Waals surface area contributed by atoms with Crippen LogP contribution in [0.25, 0.3) is 16.5 Å². The van der Waals surface area contributed by atoms with Gasteiger partial charge in [0.1, 0.15) is 5.75 Å². The number of anilines is 1. The quantitative estimate of drug-likeness (QED) is 0.374. The van der Waals surface area contributed by atoms with Crippen LogP contribution in [0.3, 0.4) is 0 Å². The first-order valence-electron chi connectivity index (χ1n) is 11.9. The lowest BCUT2D eigenvalue weighted by atomic mass is 9.90. The zero-order valence-corrected chi connectivity index (χ0v) is 21.5. The monoisotopic (exact) mass is 500 g/mol. The molecule has 2 heterocycles. The molecule has 4 aromatic rings. The number of nitrogens with zero attached hydrogens (tertiary/aromatic N) is 2. The molecule has 0 N–H and O–H groups in total. The van der Waals surface area contributed by atoms with Crippen LogP contribution in [-0.2, 0) is 17.1 Å². The Morgan fingerprint density at radius 1 is 0.889 bits per heavy atom. The van der Waals surface area contributed by atoms with Gasteiger partial charge >= 0.3 is 0 Å². The summed E-state index contributed by atoms with van der Waals surface area (Å²) < 4.78 is 36.3. The van der Waals surface area contributed by atoms with Crippen LogP contribution in [0, 0.1) is 6.92 Å². The van der Waals surface area contributed by atoms with Gasteiger partial charge in [0.05, 0.1) is 28.7 Å². The van der Waals surface area contributed by atoms with Gasteiger partial charge in [0.2, 0.25) is 0 Å². The summed E-state index contributed by atoms with van der Waals surface area (Å²) >= 11 is 0. The van der Waals surface area contributed by atoms with E-state index in [-0.39, 0.29) is 23.1 Å². The van der Waals surface area contributed by atoms with Gasteiger partial charge in [-0.1, -0.05) is 35.9 Å². The number of aryl methyl sites for hydroxylation is 2. The molecule has 0 radical (unpaired) electrons. The minimum absolute atomic E-state index is 0.0660. The first kappa shape index (κ1) is 23.9. The van der Waals surface area contributed by atoms with Crippen molar-refractivity contribution in [1.82, 2.24) is 4.57 Å². The van der Waals surface area contributed by atoms with Gasteiger partial charge in [0.15, 0.2) is 0 Å². The molecular weight excluding hydrogens is 472 g/mol. The standard InChI is InChI=1S/C29H28N2O4S/c1-19(2)35-22-9-7-21(8-10-22)24-17-18-31(36(33,34)23-11-5-20(3)6-12-23)27-15-14-26-25(29(24)27)13-16-28(32)30(26)4/h5-17,19H,18H2,1-4H3. The predicted octanol–water partition coefficient (Wildman–Crippen LogP) is 5.27. The fourth-order valence-electron chi connectivity index (χ4n) is 4.62. The highest BCUT2D eigenvalue weighted by molar-refractivity contribution is 7.92. The van der Waals surface area contributed by atoms with Crippen molar-refractivity contribution in [2.75, 3.05) is 10.8 Å². The number of ether oxygens (including phenoxy) is 1. The van der Waals surface area contributed by atoms with E-state index >= 15 is 0 Å². The Bertz CT molecular complexity index is 1650. The van der Waals surface area contributed by atoms with Gasteiger partial charge in [-0.25, -0.2) is 8.42 Å². The summed E-state index contributed by atoms with van der Waals surface area (Å²) in [7, 11) is -2.08. The lowest BCUT2D eigenvalue weighted by Crippen LogP contribution is -2.34. The molecule has 0 amide bonds. The topological polar surface area (TPSA) is 68.6 Å². The minimum atomic E-state index is -3.80. The fourth-order valence-corrected chi connectivity index (χ4v) is 6.04. The number of aromatic nitrogens is 1. The molecule has 1 aromatic heterocycles. The zero-order chi connectivity index (χ0) is 25.6. The molecule has 0 aliphatic carbocycles. The number of pyridine rings is 1. The molecule has 7 heteroatoms. The van der Waals surface area contributed by atoms with E-state index in [0.717, 1.165) is 38.9 Å². The molecule has 184 valence electrons. The molecule has 0 saturated carbocycles. The SMILES string of the molecule is Cc1ccc(S(=O)(=O)N2CC=C(c3ccc(OC(C)C)cc3)c3c2ccc2c3ccc(=O)n2C)cc1. The van der Waals surface area contributed by atoms with Crippen LogP contribution in [0.2, 0.25) is 0 Å². The molecule has 0 spiro atoms. The summed E-state index contributed by atoms with van der Waals surface area (Å²) in [6, 6.07) is 21.6. The van der Waals surface area contributed by atoms with E-state index in [1.165, 1.54) is 10.4 Å². The van der Waals surface area contributed by atoms with Gasteiger partial charge in [-0.05, 0) is 74.4 Å². The highest BCUT2D eigenvalue weighted by atomic mass is 32.2. The summed E-state index contributed by atoms with van der Waals surface area (Å²) in [4.78, 5) is 12.6. The van der Waals surface area contributed by atoms with Crippen molar-refractivity contribution in [3.8, 4) is 5.75 Å². The summed E-state index contributed by atoms with van der Waals surface area (Å²) in [5.74, 6) is 0.772. The fraction of sp³-hybridized carbons (Fsp3) is 0.207. The van der Waals surface area contributed by atoms with Crippen LogP contribution in [0.1, 0.15) is 30.5 Å². The molecule has 0 fully saturated rings. The predicted molar refractivity (Wildman–Crippen MR) is 144 cm³/mol. The van der Waals surface area contributed by atoms with E-state index in [4.69, 9.17) is 4.74 Å². The number of fused-ring (bicyclic) bond motifs is 3. The van der Waals surface area contributed by atoms with Crippen LogP contribution in [-0.4, -0.2) is 25.6 Å². The average Bonchev–Trinajstić information content (AvgIpc) is 2.85. The van der Waals surface area contributed by atoms with E-state index in [2.05, 4.69) is 0 Å². The molecule has 0 atom stereocenters. The third-order valence-corrected chi connectivity index (χ3v) is 8.22. The van der Waals surface area contributed by atoms with Crippen LogP contribution >= 0.6 is 0 Å². The summed E-state index contributed by atoms with van der Waals surface area (Å²) in [6.07, 6.45) is 2.01. The highest BCUT2D eigenvalue weighted by Crippen LogP contribution is 2.42. The molecular formula is C29H28N2O4S. The van der Waals surface area contributed by atoms with E-state index < -0.39 is 10.0 Å². The van der Waals surface area contributed by atoms with Crippen LogP contribution in [0.15, 0.2) is 88.6 Å².